The number of thioether (sulfide) groups is 1. The van der Waals surface area contributed by atoms with Gasteiger partial charge in [0, 0.05) is 16.9 Å². The number of hydrogen-bond acceptors (Lipinski definition) is 5. The molecule has 0 aliphatic heterocycles. The lowest BCUT2D eigenvalue weighted by molar-refractivity contribution is -0.111. The van der Waals surface area contributed by atoms with Gasteiger partial charge in [0.25, 0.3) is 0 Å². The second-order valence-corrected chi connectivity index (χ2v) is 7.80. The van der Waals surface area contributed by atoms with Gasteiger partial charge < -0.3 is 0 Å². The molecule has 0 bridgehead atoms. The van der Waals surface area contributed by atoms with Crippen LogP contribution in [0.3, 0.4) is 0 Å². The molecule has 0 aliphatic rings. The van der Waals surface area contributed by atoms with Crippen LogP contribution < -0.4 is 5.32 Å². The average Bonchev–Trinajstić information content (AvgIpc) is 3.08. The zero-order chi connectivity index (χ0) is 18.4. The fourth-order valence-electron chi connectivity index (χ4n) is 1.94. The number of carbonyl (C=O) groups excluding carboxylic acids is 1. The van der Waals surface area contributed by atoms with Crippen LogP contribution in [-0.4, -0.2) is 16.1 Å². The molecule has 132 valence electrons. The molecule has 1 heterocycles. The van der Waals surface area contributed by atoms with Crippen molar-refractivity contribution in [2.24, 2.45) is 0 Å². The maximum atomic E-state index is 12.9. The summed E-state index contributed by atoms with van der Waals surface area (Å²) in [5.41, 5.74) is 1.86. The van der Waals surface area contributed by atoms with Crippen LogP contribution in [0.25, 0.3) is 6.08 Å². The van der Waals surface area contributed by atoms with E-state index in [0.29, 0.717) is 15.9 Å². The molecule has 26 heavy (non-hydrogen) atoms. The molecule has 0 spiro atoms. The highest BCUT2D eigenvalue weighted by molar-refractivity contribution is 8.00. The van der Waals surface area contributed by atoms with Gasteiger partial charge in [-0.2, -0.15) is 0 Å². The Morgan fingerprint density at radius 3 is 2.62 bits per heavy atom. The monoisotopic (exact) mass is 405 g/mol. The van der Waals surface area contributed by atoms with Crippen LogP contribution in [0.2, 0.25) is 5.02 Å². The smallest absolute Gasteiger partial charge is 0.250 e. The topological polar surface area (TPSA) is 54.9 Å². The van der Waals surface area contributed by atoms with Gasteiger partial charge in [0.2, 0.25) is 11.0 Å². The van der Waals surface area contributed by atoms with Gasteiger partial charge >= 0.3 is 0 Å². The molecule has 0 fully saturated rings. The standard InChI is InChI=1S/C18H13ClFN3OS2/c19-14-6-1-12(2-7-14)5-10-16(24)21-17-22-23-18(26-17)25-11-13-3-8-15(20)9-4-13/h1-10H,11H2,(H,21,22,24). The first-order valence-electron chi connectivity index (χ1n) is 7.54. The van der Waals surface area contributed by atoms with Crippen molar-refractivity contribution in [2.45, 2.75) is 10.1 Å². The number of nitrogens with zero attached hydrogens (tertiary/aromatic N) is 2. The Balaban J connectivity index is 1.51. The zero-order valence-corrected chi connectivity index (χ0v) is 15.7. The van der Waals surface area contributed by atoms with E-state index in [0.717, 1.165) is 15.5 Å². The van der Waals surface area contributed by atoms with Crippen molar-refractivity contribution in [1.82, 2.24) is 10.2 Å². The van der Waals surface area contributed by atoms with Gasteiger partial charge in [-0.15, -0.1) is 10.2 Å². The predicted octanol–water partition coefficient (Wildman–Crippen LogP) is 5.27. The molecule has 4 nitrogen and oxygen atoms in total. The summed E-state index contributed by atoms with van der Waals surface area (Å²) in [6.45, 7) is 0. The molecule has 1 N–H and O–H groups in total. The highest BCUT2D eigenvalue weighted by atomic mass is 35.5. The second kappa shape index (κ2) is 8.93. The summed E-state index contributed by atoms with van der Waals surface area (Å²) in [5.74, 6) is 0.108. The summed E-state index contributed by atoms with van der Waals surface area (Å²) in [7, 11) is 0. The molecule has 1 aromatic heterocycles. The maximum absolute atomic E-state index is 12.9. The summed E-state index contributed by atoms with van der Waals surface area (Å²) in [6.07, 6.45) is 3.12. The summed E-state index contributed by atoms with van der Waals surface area (Å²) in [5, 5.41) is 11.7. The van der Waals surface area contributed by atoms with Crippen molar-refractivity contribution in [2.75, 3.05) is 5.32 Å². The third kappa shape index (κ3) is 5.66. The Morgan fingerprint density at radius 2 is 1.88 bits per heavy atom. The van der Waals surface area contributed by atoms with Gasteiger partial charge in [-0.25, -0.2) is 4.39 Å². The Labute approximate surface area is 163 Å². The molecule has 2 aromatic carbocycles. The van der Waals surface area contributed by atoms with Gasteiger partial charge in [0.05, 0.1) is 0 Å². The van der Waals surface area contributed by atoms with E-state index in [-0.39, 0.29) is 11.7 Å². The fraction of sp³-hybridized carbons (Fsp3) is 0.0556. The van der Waals surface area contributed by atoms with Crippen LogP contribution >= 0.6 is 34.7 Å². The van der Waals surface area contributed by atoms with Gasteiger partial charge in [-0.05, 0) is 41.5 Å². The van der Waals surface area contributed by atoms with Crippen molar-refractivity contribution in [3.63, 3.8) is 0 Å². The fourth-order valence-corrected chi connectivity index (χ4v) is 3.77. The lowest BCUT2D eigenvalue weighted by atomic mass is 10.2. The van der Waals surface area contributed by atoms with Crippen molar-refractivity contribution < 1.29 is 9.18 Å². The van der Waals surface area contributed by atoms with E-state index in [9.17, 15) is 9.18 Å². The molecule has 0 radical (unpaired) electrons. The van der Waals surface area contributed by atoms with E-state index in [1.807, 2.05) is 12.1 Å². The molecule has 8 heteroatoms. The summed E-state index contributed by atoms with van der Waals surface area (Å²) >= 11 is 8.59. The van der Waals surface area contributed by atoms with Crippen LogP contribution in [-0.2, 0) is 10.5 Å². The average molecular weight is 406 g/mol. The number of carbonyl (C=O) groups is 1. The molecule has 0 aliphatic carbocycles. The van der Waals surface area contributed by atoms with Gasteiger partial charge in [0.15, 0.2) is 4.34 Å². The SMILES string of the molecule is O=C(C=Cc1ccc(Cl)cc1)Nc1nnc(SCc2ccc(F)cc2)s1. The van der Waals surface area contributed by atoms with E-state index in [4.69, 9.17) is 11.6 Å². The van der Waals surface area contributed by atoms with Crippen molar-refractivity contribution in [3.05, 3.63) is 76.6 Å². The molecule has 0 unspecified atom stereocenters. The first-order chi connectivity index (χ1) is 12.6. The van der Waals surface area contributed by atoms with Gasteiger partial charge in [0.1, 0.15) is 5.82 Å². The molecule has 1 amide bonds. The minimum absolute atomic E-state index is 0.258. The number of nitrogens with one attached hydrogen (secondary N) is 1. The second-order valence-electron chi connectivity index (χ2n) is 5.16. The summed E-state index contributed by atoms with van der Waals surface area (Å²) in [6, 6.07) is 13.5. The number of anilines is 1. The first-order valence-corrected chi connectivity index (χ1v) is 9.72. The number of amides is 1. The van der Waals surface area contributed by atoms with Crippen molar-refractivity contribution >= 4 is 51.8 Å². The molecule has 0 saturated heterocycles. The van der Waals surface area contributed by atoms with Crippen LogP contribution in [0, 0.1) is 5.82 Å². The highest BCUT2D eigenvalue weighted by Crippen LogP contribution is 2.28. The van der Waals surface area contributed by atoms with Gasteiger partial charge in [-0.3, -0.25) is 10.1 Å². The van der Waals surface area contributed by atoms with Crippen molar-refractivity contribution in [1.29, 1.82) is 0 Å². The van der Waals surface area contributed by atoms with Crippen LogP contribution in [0.4, 0.5) is 9.52 Å². The van der Waals surface area contributed by atoms with Crippen LogP contribution in [0.1, 0.15) is 11.1 Å². The Morgan fingerprint density at radius 1 is 1.15 bits per heavy atom. The summed E-state index contributed by atoms with van der Waals surface area (Å²) in [4.78, 5) is 11.9. The quantitative estimate of drug-likeness (QED) is 0.344. The van der Waals surface area contributed by atoms with E-state index >= 15 is 0 Å². The molecule has 3 rings (SSSR count). The minimum atomic E-state index is -0.286. The highest BCUT2D eigenvalue weighted by Gasteiger charge is 2.07. The van der Waals surface area contributed by atoms with Crippen molar-refractivity contribution in [3.8, 4) is 0 Å². The number of halogens is 2. The molecule has 0 atom stereocenters. The molecule has 0 saturated carbocycles. The first kappa shape index (κ1) is 18.6. The third-order valence-electron chi connectivity index (χ3n) is 3.21. The lowest BCUT2D eigenvalue weighted by Crippen LogP contribution is -2.07. The molecular formula is C18H13ClFN3OS2. The molecule has 3 aromatic rings. The Hall–Kier alpha value is -2.22. The Kier molecular flexibility index (Phi) is 6.38. The zero-order valence-electron chi connectivity index (χ0n) is 13.4. The van der Waals surface area contributed by atoms with E-state index < -0.39 is 0 Å². The van der Waals surface area contributed by atoms with E-state index in [1.165, 1.54) is 41.3 Å². The largest absolute Gasteiger partial charge is 0.297 e. The minimum Gasteiger partial charge on any atom is -0.297 e. The number of rotatable bonds is 6. The lowest BCUT2D eigenvalue weighted by Gasteiger charge is -1.98. The van der Waals surface area contributed by atoms with E-state index in [1.54, 1.807) is 30.3 Å². The van der Waals surface area contributed by atoms with Gasteiger partial charge in [-0.1, -0.05) is 59.0 Å². The number of hydrogen-bond donors (Lipinski definition) is 1. The number of benzene rings is 2. The molecular weight excluding hydrogens is 393 g/mol. The summed E-state index contributed by atoms with van der Waals surface area (Å²) < 4.78 is 13.6. The van der Waals surface area contributed by atoms with Crippen LogP contribution in [0.5, 0.6) is 0 Å². The van der Waals surface area contributed by atoms with E-state index in [2.05, 4.69) is 15.5 Å². The third-order valence-corrected chi connectivity index (χ3v) is 5.50. The Bertz CT molecular complexity index is 911. The maximum Gasteiger partial charge on any atom is 0.250 e. The van der Waals surface area contributed by atoms with Crippen LogP contribution in [0.15, 0.2) is 58.9 Å². The normalized spacial score (nSPS) is 11.0. The predicted molar refractivity (Wildman–Crippen MR) is 105 cm³/mol. The number of aromatic nitrogens is 2.